The van der Waals surface area contributed by atoms with Crippen LogP contribution in [-0.2, 0) is 22.6 Å². The fourth-order valence-electron chi connectivity index (χ4n) is 3.54. The van der Waals surface area contributed by atoms with Gasteiger partial charge in [0.15, 0.2) is 0 Å². The summed E-state index contributed by atoms with van der Waals surface area (Å²) in [6.45, 7) is 3.57. The third-order valence-electron chi connectivity index (χ3n) is 5.50. The summed E-state index contributed by atoms with van der Waals surface area (Å²) in [6.07, 6.45) is -0.422. The lowest BCUT2D eigenvalue weighted by Gasteiger charge is -2.21. The number of aromatic carboxylic acids is 1. The minimum atomic E-state index is -1.15. The number of methoxy groups -OCH3 is 1. The minimum absolute atomic E-state index is 0.0297. The Balaban J connectivity index is 1.78. The van der Waals surface area contributed by atoms with Gasteiger partial charge in [-0.15, -0.1) is 0 Å². The van der Waals surface area contributed by atoms with Gasteiger partial charge in [-0.05, 0) is 40.8 Å². The number of hydrogen-bond donors (Lipinski definition) is 2. The number of benzene rings is 3. The first-order valence-corrected chi connectivity index (χ1v) is 11.5. The Labute approximate surface area is 209 Å². The molecule has 1 atom stereocenters. The number of amides is 1. The van der Waals surface area contributed by atoms with Gasteiger partial charge in [0.1, 0.15) is 24.1 Å². The quantitative estimate of drug-likeness (QED) is 0.308. The Morgan fingerprint density at radius 1 is 0.889 bits per heavy atom. The maximum absolute atomic E-state index is 13.1. The highest BCUT2D eigenvalue weighted by Crippen LogP contribution is 2.28. The van der Waals surface area contributed by atoms with Gasteiger partial charge in [-0.3, -0.25) is 0 Å². The highest BCUT2D eigenvalue weighted by molar-refractivity contribution is 5.89. The molecule has 0 fully saturated rings. The molecule has 0 saturated carbocycles. The standard InChI is InChI=1S/C28H29NO7/c1-18(2)25(29-28(33)35-17-19-9-5-4-6-10-19)27(32)36-24-16-22(26(30)31)14-13-21(24)15-20-11-7-8-12-23(20)34-3/h4-14,16,18,25H,15,17H2,1-3H3,(H,29,33)(H,30,31)/t25-/m0/s1. The van der Waals surface area contributed by atoms with Crippen LogP contribution in [-0.4, -0.2) is 36.3 Å². The molecule has 0 aliphatic heterocycles. The molecule has 0 aliphatic rings. The Bertz CT molecular complexity index is 1210. The Morgan fingerprint density at radius 3 is 2.22 bits per heavy atom. The second-order valence-electron chi connectivity index (χ2n) is 8.47. The van der Waals surface area contributed by atoms with Gasteiger partial charge in [0.2, 0.25) is 0 Å². The molecule has 36 heavy (non-hydrogen) atoms. The van der Waals surface area contributed by atoms with E-state index in [2.05, 4.69) is 5.32 Å². The predicted octanol–water partition coefficient (Wildman–Crippen LogP) is 4.84. The lowest BCUT2D eigenvalue weighted by molar-refractivity contribution is -0.137. The number of nitrogens with one attached hydrogen (secondary N) is 1. The van der Waals surface area contributed by atoms with Crippen molar-refractivity contribution < 1.29 is 33.7 Å². The average Bonchev–Trinajstić information content (AvgIpc) is 2.87. The van der Waals surface area contributed by atoms with E-state index >= 15 is 0 Å². The van der Waals surface area contributed by atoms with Crippen LogP contribution in [0.25, 0.3) is 0 Å². The zero-order chi connectivity index (χ0) is 26.1. The van der Waals surface area contributed by atoms with Crippen LogP contribution >= 0.6 is 0 Å². The zero-order valence-corrected chi connectivity index (χ0v) is 20.4. The van der Waals surface area contributed by atoms with Gasteiger partial charge in [-0.2, -0.15) is 0 Å². The monoisotopic (exact) mass is 491 g/mol. The summed E-state index contributed by atoms with van der Waals surface area (Å²) in [5.74, 6) is -1.46. The van der Waals surface area contributed by atoms with E-state index in [4.69, 9.17) is 14.2 Å². The summed E-state index contributed by atoms with van der Waals surface area (Å²) >= 11 is 0. The molecule has 0 spiro atoms. The first kappa shape index (κ1) is 26.3. The first-order valence-electron chi connectivity index (χ1n) is 11.5. The molecule has 188 valence electrons. The number of para-hydroxylation sites is 1. The van der Waals surface area contributed by atoms with E-state index in [1.165, 1.54) is 12.1 Å². The molecule has 0 saturated heterocycles. The van der Waals surface area contributed by atoms with Crippen molar-refractivity contribution in [1.29, 1.82) is 0 Å². The number of rotatable bonds is 10. The fraction of sp³-hybridized carbons (Fsp3) is 0.250. The number of alkyl carbamates (subject to hydrolysis) is 1. The number of esters is 1. The largest absolute Gasteiger partial charge is 0.496 e. The van der Waals surface area contributed by atoms with Gasteiger partial charge in [0.25, 0.3) is 0 Å². The van der Waals surface area contributed by atoms with Crippen LogP contribution in [0, 0.1) is 5.92 Å². The molecule has 8 heteroatoms. The van der Waals surface area contributed by atoms with Crippen molar-refractivity contribution in [2.24, 2.45) is 5.92 Å². The zero-order valence-electron chi connectivity index (χ0n) is 20.4. The molecule has 0 unspecified atom stereocenters. The van der Waals surface area contributed by atoms with Crippen LogP contribution in [0.4, 0.5) is 4.79 Å². The molecular weight excluding hydrogens is 462 g/mol. The third kappa shape index (κ3) is 7.09. The number of ether oxygens (including phenoxy) is 3. The predicted molar refractivity (Wildman–Crippen MR) is 133 cm³/mol. The van der Waals surface area contributed by atoms with Gasteiger partial charge >= 0.3 is 18.0 Å². The number of hydrogen-bond acceptors (Lipinski definition) is 6. The molecule has 0 aliphatic carbocycles. The van der Waals surface area contributed by atoms with E-state index in [-0.39, 0.29) is 23.8 Å². The summed E-state index contributed by atoms with van der Waals surface area (Å²) < 4.78 is 16.3. The van der Waals surface area contributed by atoms with E-state index in [0.29, 0.717) is 17.7 Å². The van der Waals surface area contributed by atoms with Gasteiger partial charge in [-0.1, -0.05) is 68.4 Å². The van der Waals surface area contributed by atoms with Gasteiger partial charge in [0, 0.05) is 6.42 Å². The second kappa shape index (κ2) is 12.4. The molecule has 3 rings (SSSR count). The maximum atomic E-state index is 13.1. The second-order valence-corrected chi connectivity index (χ2v) is 8.47. The van der Waals surface area contributed by atoms with Crippen LogP contribution < -0.4 is 14.8 Å². The summed E-state index contributed by atoms with van der Waals surface area (Å²) in [5, 5.41) is 12.0. The smallest absolute Gasteiger partial charge is 0.408 e. The van der Waals surface area contributed by atoms with E-state index in [0.717, 1.165) is 11.1 Å². The normalized spacial score (nSPS) is 11.4. The van der Waals surface area contributed by atoms with E-state index < -0.39 is 24.1 Å². The molecular formula is C28H29NO7. The van der Waals surface area contributed by atoms with E-state index in [1.807, 2.05) is 54.6 Å². The van der Waals surface area contributed by atoms with Crippen molar-refractivity contribution in [1.82, 2.24) is 5.32 Å². The summed E-state index contributed by atoms with van der Waals surface area (Å²) in [5.41, 5.74) is 2.20. The highest BCUT2D eigenvalue weighted by Gasteiger charge is 2.28. The van der Waals surface area contributed by atoms with Crippen molar-refractivity contribution in [2.45, 2.75) is 32.9 Å². The van der Waals surface area contributed by atoms with Crippen LogP contribution in [0.5, 0.6) is 11.5 Å². The first-order chi connectivity index (χ1) is 17.3. The third-order valence-corrected chi connectivity index (χ3v) is 5.50. The van der Waals surface area contributed by atoms with Crippen molar-refractivity contribution in [3.05, 3.63) is 95.1 Å². The minimum Gasteiger partial charge on any atom is -0.496 e. The molecule has 0 bridgehead atoms. The molecule has 3 aromatic carbocycles. The van der Waals surface area contributed by atoms with Crippen LogP contribution in [0.15, 0.2) is 72.8 Å². The van der Waals surface area contributed by atoms with Crippen molar-refractivity contribution in [3.63, 3.8) is 0 Å². The van der Waals surface area contributed by atoms with Crippen molar-refractivity contribution in [2.75, 3.05) is 7.11 Å². The summed E-state index contributed by atoms with van der Waals surface area (Å²) in [6, 6.07) is 19.9. The van der Waals surface area contributed by atoms with Crippen molar-refractivity contribution >= 4 is 18.0 Å². The van der Waals surface area contributed by atoms with Crippen LogP contribution in [0.3, 0.4) is 0 Å². The van der Waals surface area contributed by atoms with Crippen molar-refractivity contribution in [3.8, 4) is 11.5 Å². The molecule has 8 nitrogen and oxygen atoms in total. The number of carbonyl (C=O) groups excluding carboxylic acids is 2. The van der Waals surface area contributed by atoms with Gasteiger partial charge in [-0.25, -0.2) is 14.4 Å². The topological polar surface area (TPSA) is 111 Å². The molecule has 0 radical (unpaired) electrons. The molecule has 0 aromatic heterocycles. The highest BCUT2D eigenvalue weighted by atomic mass is 16.6. The Kier molecular flexibility index (Phi) is 9.05. The van der Waals surface area contributed by atoms with Crippen LogP contribution in [0.2, 0.25) is 0 Å². The number of carbonyl (C=O) groups is 3. The summed E-state index contributed by atoms with van der Waals surface area (Å²) in [4.78, 5) is 37.0. The molecule has 3 aromatic rings. The fourth-order valence-corrected chi connectivity index (χ4v) is 3.54. The van der Waals surface area contributed by atoms with E-state index in [9.17, 15) is 19.5 Å². The molecule has 0 heterocycles. The summed E-state index contributed by atoms with van der Waals surface area (Å²) in [7, 11) is 1.56. The maximum Gasteiger partial charge on any atom is 0.408 e. The lowest BCUT2D eigenvalue weighted by atomic mass is 10.0. The molecule has 1 amide bonds. The Hall–Kier alpha value is -4.33. The van der Waals surface area contributed by atoms with Gasteiger partial charge in [0.05, 0.1) is 12.7 Å². The number of carboxylic acids is 1. The van der Waals surface area contributed by atoms with Gasteiger partial charge < -0.3 is 24.6 Å². The SMILES string of the molecule is COc1ccccc1Cc1ccc(C(=O)O)cc1OC(=O)[C@@H](NC(=O)OCc1ccccc1)C(C)C. The lowest BCUT2D eigenvalue weighted by Crippen LogP contribution is -2.46. The van der Waals surface area contributed by atoms with E-state index in [1.54, 1.807) is 27.0 Å². The number of carboxylic acid groups (broad SMARTS) is 1. The average molecular weight is 492 g/mol. The molecule has 2 N–H and O–H groups in total. The van der Waals surface area contributed by atoms with Crippen LogP contribution in [0.1, 0.15) is 40.9 Å². The Morgan fingerprint density at radius 2 is 1.56 bits per heavy atom.